The summed E-state index contributed by atoms with van der Waals surface area (Å²) in [6, 6.07) is -1.13. The standard InChI is InChI=1S/C15H26N2O4/c1-3-15(4-2)5-7-16(8-6-15)14(21)17-10-11(18)9-12(17)13(19)20/h11-12,18H,3-10H2,1-2H3,(H,19,20)/t11-,12-/m0/s1. The van der Waals surface area contributed by atoms with E-state index in [9.17, 15) is 19.8 Å². The molecule has 2 aliphatic heterocycles. The number of urea groups is 1. The van der Waals surface area contributed by atoms with Gasteiger partial charge in [0.1, 0.15) is 6.04 Å². The molecule has 0 aromatic carbocycles. The zero-order valence-electron chi connectivity index (χ0n) is 12.9. The molecule has 21 heavy (non-hydrogen) atoms. The average Bonchev–Trinajstić information content (AvgIpc) is 2.89. The second-order valence-electron chi connectivity index (χ2n) is 6.37. The number of carbonyl (C=O) groups is 2. The van der Waals surface area contributed by atoms with Gasteiger partial charge in [-0.2, -0.15) is 0 Å². The van der Waals surface area contributed by atoms with Gasteiger partial charge in [-0.15, -0.1) is 0 Å². The number of piperidine rings is 1. The first-order valence-electron chi connectivity index (χ1n) is 7.89. The molecule has 120 valence electrons. The van der Waals surface area contributed by atoms with E-state index in [2.05, 4.69) is 13.8 Å². The van der Waals surface area contributed by atoms with Crippen LogP contribution in [-0.2, 0) is 4.79 Å². The Morgan fingerprint density at radius 2 is 1.76 bits per heavy atom. The Labute approximate surface area is 125 Å². The van der Waals surface area contributed by atoms with E-state index in [1.54, 1.807) is 4.90 Å². The van der Waals surface area contributed by atoms with Crippen LogP contribution in [0, 0.1) is 5.41 Å². The third kappa shape index (κ3) is 3.15. The van der Waals surface area contributed by atoms with E-state index in [-0.39, 0.29) is 19.0 Å². The van der Waals surface area contributed by atoms with Gasteiger partial charge in [0, 0.05) is 26.1 Å². The number of likely N-dealkylation sites (tertiary alicyclic amines) is 2. The zero-order chi connectivity index (χ0) is 15.6. The van der Waals surface area contributed by atoms with Gasteiger partial charge in [0.25, 0.3) is 0 Å². The Bertz CT molecular complexity index is 398. The Balaban J connectivity index is 2.00. The molecule has 0 unspecified atom stereocenters. The maximum Gasteiger partial charge on any atom is 0.326 e. The van der Waals surface area contributed by atoms with E-state index in [0.717, 1.165) is 25.7 Å². The molecule has 0 bridgehead atoms. The summed E-state index contributed by atoms with van der Waals surface area (Å²) in [6.07, 6.45) is 3.57. The molecule has 2 amide bonds. The SMILES string of the molecule is CCC1(CC)CCN(C(=O)N2C[C@@H](O)C[C@H]2C(=O)O)CC1. The number of hydrogen-bond acceptors (Lipinski definition) is 3. The van der Waals surface area contributed by atoms with E-state index < -0.39 is 18.1 Å². The molecule has 0 aromatic rings. The van der Waals surface area contributed by atoms with Crippen molar-refractivity contribution >= 4 is 12.0 Å². The minimum absolute atomic E-state index is 0.124. The van der Waals surface area contributed by atoms with Gasteiger partial charge in [-0.25, -0.2) is 9.59 Å². The van der Waals surface area contributed by atoms with Crippen LogP contribution in [0.5, 0.6) is 0 Å². The van der Waals surface area contributed by atoms with Gasteiger partial charge in [-0.3, -0.25) is 0 Å². The summed E-state index contributed by atoms with van der Waals surface area (Å²) >= 11 is 0. The molecular formula is C15H26N2O4. The van der Waals surface area contributed by atoms with Crippen molar-refractivity contribution < 1.29 is 19.8 Å². The predicted molar refractivity (Wildman–Crippen MR) is 78.0 cm³/mol. The summed E-state index contributed by atoms with van der Waals surface area (Å²) in [4.78, 5) is 26.8. The average molecular weight is 298 g/mol. The molecule has 2 aliphatic rings. The van der Waals surface area contributed by atoms with Crippen LogP contribution >= 0.6 is 0 Å². The number of carboxylic acid groups (broad SMARTS) is 1. The lowest BCUT2D eigenvalue weighted by molar-refractivity contribution is -0.141. The van der Waals surface area contributed by atoms with E-state index in [4.69, 9.17) is 0 Å². The Morgan fingerprint density at radius 3 is 2.24 bits per heavy atom. The number of aliphatic hydroxyl groups is 1. The predicted octanol–water partition coefficient (Wildman–Crippen LogP) is 1.53. The van der Waals surface area contributed by atoms with Crippen LogP contribution in [0.4, 0.5) is 4.79 Å². The van der Waals surface area contributed by atoms with Crippen molar-refractivity contribution in [3.8, 4) is 0 Å². The van der Waals surface area contributed by atoms with Crippen LogP contribution in [-0.4, -0.2) is 63.8 Å². The number of aliphatic hydroxyl groups excluding tert-OH is 1. The van der Waals surface area contributed by atoms with Gasteiger partial charge in [-0.05, 0) is 18.3 Å². The van der Waals surface area contributed by atoms with Crippen LogP contribution < -0.4 is 0 Å². The molecule has 0 saturated carbocycles. The molecule has 0 radical (unpaired) electrons. The van der Waals surface area contributed by atoms with Crippen molar-refractivity contribution in [1.29, 1.82) is 0 Å². The number of rotatable bonds is 3. The summed E-state index contributed by atoms with van der Waals surface area (Å²) in [5, 5.41) is 18.8. The normalized spacial score (nSPS) is 28.7. The molecule has 0 aromatic heterocycles. The van der Waals surface area contributed by atoms with Gasteiger partial charge in [0.15, 0.2) is 0 Å². The van der Waals surface area contributed by atoms with Gasteiger partial charge in [0.05, 0.1) is 6.10 Å². The summed E-state index contributed by atoms with van der Waals surface area (Å²) in [7, 11) is 0. The lowest BCUT2D eigenvalue weighted by Crippen LogP contribution is -2.51. The van der Waals surface area contributed by atoms with Gasteiger partial charge in [0.2, 0.25) is 0 Å². The fraction of sp³-hybridized carbons (Fsp3) is 0.867. The van der Waals surface area contributed by atoms with Gasteiger partial charge in [-0.1, -0.05) is 26.7 Å². The molecule has 0 aliphatic carbocycles. The van der Waals surface area contributed by atoms with Crippen LogP contribution in [0.1, 0.15) is 46.0 Å². The molecule has 2 atom stereocenters. The third-order valence-electron chi connectivity index (χ3n) is 5.40. The second kappa shape index (κ2) is 6.22. The number of aliphatic carboxylic acids is 1. The maximum atomic E-state index is 12.5. The van der Waals surface area contributed by atoms with Crippen LogP contribution in [0.15, 0.2) is 0 Å². The van der Waals surface area contributed by atoms with Crippen LogP contribution in [0.2, 0.25) is 0 Å². The van der Waals surface area contributed by atoms with Crippen molar-refractivity contribution in [2.45, 2.75) is 58.1 Å². The second-order valence-corrected chi connectivity index (χ2v) is 6.37. The Kier molecular flexibility index (Phi) is 4.76. The smallest absolute Gasteiger partial charge is 0.326 e. The Morgan fingerprint density at radius 1 is 1.19 bits per heavy atom. The van der Waals surface area contributed by atoms with Crippen molar-refractivity contribution in [3.05, 3.63) is 0 Å². The first-order valence-corrected chi connectivity index (χ1v) is 7.89. The number of hydrogen-bond donors (Lipinski definition) is 2. The number of nitrogens with zero attached hydrogens (tertiary/aromatic N) is 2. The summed E-state index contributed by atoms with van der Waals surface area (Å²) < 4.78 is 0. The monoisotopic (exact) mass is 298 g/mol. The van der Waals surface area contributed by atoms with Crippen molar-refractivity contribution in [2.75, 3.05) is 19.6 Å². The molecule has 0 spiro atoms. The zero-order valence-corrected chi connectivity index (χ0v) is 12.9. The first kappa shape index (κ1) is 16.1. The molecule has 2 N–H and O–H groups in total. The number of amides is 2. The highest BCUT2D eigenvalue weighted by atomic mass is 16.4. The molecule has 6 nitrogen and oxygen atoms in total. The number of carbonyl (C=O) groups excluding carboxylic acids is 1. The van der Waals surface area contributed by atoms with Gasteiger partial charge < -0.3 is 20.0 Å². The highest BCUT2D eigenvalue weighted by Crippen LogP contribution is 2.38. The van der Waals surface area contributed by atoms with E-state index in [1.165, 1.54) is 4.90 Å². The molecule has 2 saturated heterocycles. The minimum Gasteiger partial charge on any atom is -0.480 e. The molecule has 2 fully saturated rings. The first-order chi connectivity index (χ1) is 9.92. The summed E-state index contributed by atoms with van der Waals surface area (Å²) in [6.45, 7) is 5.87. The minimum atomic E-state index is -1.03. The molecule has 6 heteroatoms. The van der Waals surface area contributed by atoms with Crippen LogP contribution in [0.3, 0.4) is 0 Å². The number of carboxylic acids is 1. The topological polar surface area (TPSA) is 81.1 Å². The molecule has 2 heterocycles. The molecule has 2 rings (SSSR count). The largest absolute Gasteiger partial charge is 0.480 e. The van der Waals surface area contributed by atoms with Gasteiger partial charge >= 0.3 is 12.0 Å². The van der Waals surface area contributed by atoms with E-state index >= 15 is 0 Å². The van der Waals surface area contributed by atoms with Crippen molar-refractivity contribution in [3.63, 3.8) is 0 Å². The van der Waals surface area contributed by atoms with E-state index in [1.807, 2.05) is 0 Å². The van der Waals surface area contributed by atoms with Crippen molar-refractivity contribution in [2.24, 2.45) is 5.41 Å². The highest BCUT2D eigenvalue weighted by Gasteiger charge is 2.42. The highest BCUT2D eigenvalue weighted by molar-refractivity contribution is 5.83. The molecular weight excluding hydrogens is 272 g/mol. The van der Waals surface area contributed by atoms with Crippen LogP contribution in [0.25, 0.3) is 0 Å². The maximum absolute atomic E-state index is 12.5. The summed E-state index contributed by atoms with van der Waals surface area (Å²) in [5.74, 6) is -1.03. The lowest BCUT2D eigenvalue weighted by Gasteiger charge is -2.42. The Hall–Kier alpha value is -1.30. The van der Waals surface area contributed by atoms with Crippen molar-refractivity contribution in [1.82, 2.24) is 9.80 Å². The third-order valence-corrected chi connectivity index (χ3v) is 5.40. The van der Waals surface area contributed by atoms with E-state index in [0.29, 0.717) is 18.5 Å². The quantitative estimate of drug-likeness (QED) is 0.828. The fourth-order valence-corrected chi connectivity index (χ4v) is 3.57. The lowest BCUT2D eigenvalue weighted by atomic mass is 9.74. The fourth-order valence-electron chi connectivity index (χ4n) is 3.57. The number of β-amino-alcohol motifs (C(OH)–C–C–N with tert-alkyl or cyclic N) is 1. The summed E-state index contributed by atoms with van der Waals surface area (Å²) in [5.41, 5.74) is 0.327.